The van der Waals surface area contributed by atoms with Crippen LogP contribution in [0.15, 0.2) is 0 Å². The van der Waals surface area contributed by atoms with Crippen LogP contribution in [0.1, 0.15) is 70.6 Å². The Balaban J connectivity index is 1.27. The number of fused-ring (bicyclic) bond motifs is 2. The molecule has 1 amide bonds. The molecule has 0 aromatic rings. The predicted octanol–water partition coefficient (Wildman–Crippen LogP) is 3.80. The maximum atomic E-state index is 11.3. The Morgan fingerprint density at radius 3 is 2.11 bits per heavy atom. The van der Waals surface area contributed by atoms with Gasteiger partial charge < -0.3 is 14.2 Å². The first-order valence-corrected chi connectivity index (χ1v) is 11.4. The minimum Gasteiger partial charge on any atom is -0.381 e. The fraction of sp³-hybridized carbons (Fsp3) is 0.955. The van der Waals surface area contributed by atoms with Gasteiger partial charge >= 0.3 is 0 Å². The largest absolute Gasteiger partial charge is 0.381 e. The highest BCUT2D eigenvalue weighted by atomic mass is 16.5. The molecule has 0 spiro atoms. The van der Waals surface area contributed by atoms with Crippen LogP contribution in [-0.4, -0.2) is 61.9 Å². The van der Waals surface area contributed by atoms with Gasteiger partial charge in [-0.15, -0.1) is 0 Å². The lowest BCUT2D eigenvalue weighted by Crippen LogP contribution is -2.29. The minimum absolute atomic E-state index is 0.266. The van der Waals surface area contributed by atoms with Crippen LogP contribution in [0.4, 0.5) is 0 Å². The Morgan fingerprint density at radius 1 is 0.929 bits per heavy atom. The second-order valence-electron chi connectivity index (χ2n) is 8.88. The van der Waals surface area contributed by atoms with Gasteiger partial charge in [-0.3, -0.25) is 10.0 Å². The monoisotopic (exact) mass is 397 g/mol. The van der Waals surface area contributed by atoms with Crippen LogP contribution in [0, 0.1) is 17.8 Å². The summed E-state index contributed by atoms with van der Waals surface area (Å²) in [6, 6.07) is 0. The molecule has 6 heteroatoms. The molecule has 4 atom stereocenters. The summed E-state index contributed by atoms with van der Waals surface area (Å²) in [6.07, 6.45) is 13.2. The fourth-order valence-corrected chi connectivity index (χ4v) is 5.35. The highest BCUT2D eigenvalue weighted by Gasteiger charge is 2.47. The van der Waals surface area contributed by atoms with Crippen molar-refractivity contribution in [2.24, 2.45) is 17.8 Å². The van der Waals surface area contributed by atoms with Crippen LogP contribution < -0.4 is 0 Å². The number of hydrogen-bond acceptors (Lipinski definition) is 5. The third-order valence-corrected chi connectivity index (χ3v) is 6.97. The molecule has 0 aromatic carbocycles. The van der Waals surface area contributed by atoms with Crippen LogP contribution >= 0.6 is 0 Å². The first kappa shape index (κ1) is 22.0. The second-order valence-corrected chi connectivity index (χ2v) is 8.88. The summed E-state index contributed by atoms with van der Waals surface area (Å²) in [5.41, 5.74) is 0. The molecular weight excluding hydrogens is 358 g/mol. The summed E-state index contributed by atoms with van der Waals surface area (Å²) in [5, 5.41) is 9.68. The van der Waals surface area contributed by atoms with Crippen molar-refractivity contribution in [1.29, 1.82) is 0 Å². The molecule has 2 heterocycles. The lowest BCUT2D eigenvalue weighted by atomic mass is 9.76. The first-order chi connectivity index (χ1) is 13.6. The number of nitrogens with zero attached hydrogens (tertiary/aromatic N) is 1. The van der Waals surface area contributed by atoms with E-state index in [0.717, 1.165) is 38.6 Å². The average molecular weight is 398 g/mol. The average Bonchev–Trinajstić information content (AvgIpc) is 3.42. The zero-order valence-electron chi connectivity index (χ0n) is 17.5. The Bertz CT molecular complexity index is 466. The van der Waals surface area contributed by atoms with Crippen LogP contribution in [-0.2, 0) is 19.0 Å². The summed E-state index contributed by atoms with van der Waals surface area (Å²) in [7, 11) is 1.36. The molecule has 2 saturated heterocycles. The summed E-state index contributed by atoms with van der Waals surface area (Å²) in [6.45, 7) is 3.07. The standard InChI is InChI=1S/C22H39NO5/c1-23(25)22(24)7-4-13-26-15-11-18-19(21-9-8-20(18)28-21)12-16-27-14-10-17-5-2-3-6-17/h17-21,25H,2-16H2,1H3. The van der Waals surface area contributed by atoms with E-state index in [0.29, 0.717) is 48.6 Å². The molecule has 28 heavy (non-hydrogen) atoms. The molecule has 0 radical (unpaired) electrons. The van der Waals surface area contributed by atoms with Crippen molar-refractivity contribution >= 4 is 5.91 Å². The van der Waals surface area contributed by atoms with E-state index in [2.05, 4.69) is 0 Å². The molecule has 3 rings (SSSR count). The van der Waals surface area contributed by atoms with Gasteiger partial charge in [-0.2, -0.15) is 0 Å². The third kappa shape index (κ3) is 6.41. The lowest BCUT2D eigenvalue weighted by Gasteiger charge is -2.28. The molecule has 4 unspecified atom stereocenters. The van der Waals surface area contributed by atoms with Gasteiger partial charge in [-0.25, -0.2) is 5.06 Å². The fourth-order valence-electron chi connectivity index (χ4n) is 5.35. The van der Waals surface area contributed by atoms with Crippen LogP contribution in [0.25, 0.3) is 0 Å². The topological polar surface area (TPSA) is 68.2 Å². The van der Waals surface area contributed by atoms with E-state index in [1.807, 2.05) is 0 Å². The molecule has 1 aliphatic carbocycles. The Kier molecular flexibility index (Phi) is 9.03. The van der Waals surface area contributed by atoms with Crippen molar-refractivity contribution in [2.75, 3.05) is 33.5 Å². The Hall–Kier alpha value is -0.690. The number of rotatable bonds is 13. The zero-order valence-corrected chi connectivity index (χ0v) is 17.5. The predicted molar refractivity (Wildman–Crippen MR) is 106 cm³/mol. The van der Waals surface area contributed by atoms with Gasteiger partial charge in [-0.1, -0.05) is 25.7 Å². The van der Waals surface area contributed by atoms with E-state index in [1.54, 1.807) is 0 Å². The van der Waals surface area contributed by atoms with E-state index in [-0.39, 0.29) is 5.91 Å². The van der Waals surface area contributed by atoms with Crippen molar-refractivity contribution in [3.05, 3.63) is 0 Å². The molecule has 162 valence electrons. The summed E-state index contributed by atoms with van der Waals surface area (Å²) in [5.74, 6) is 1.84. The number of hydrogen-bond donors (Lipinski definition) is 1. The summed E-state index contributed by atoms with van der Waals surface area (Å²) >= 11 is 0. The van der Waals surface area contributed by atoms with Crippen molar-refractivity contribution in [2.45, 2.75) is 82.8 Å². The molecule has 2 aliphatic heterocycles. The van der Waals surface area contributed by atoms with Crippen molar-refractivity contribution < 1.29 is 24.2 Å². The quantitative estimate of drug-likeness (QED) is 0.291. The van der Waals surface area contributed by atoms with Gasteiger partial charge in [-0.05, 0) is 56.3 Å². The molecular formula is C22H39NO5. The van der Waals surface area contributed by atoms with E-state index < -0.39 is 0 Å². The van der Waals surface area contributed by atoms with Gasteiger partial charge in [0.1, 0.15) is 0 Å². The van der Waals surface area contributed by atoms with E-state index in [1.165, 1.54) is 52.0 Å². The molecule has 2 bridgehead atoms. The van der Waals surface area contributed by atoms with E-state index in [9.17, 15) is 4.79 Å². The second kappa shape index (κ2) is 11.5. The normalized spacial score (nSPS) is 29.6. The number of carbonyl (C=O) groups excluding carboxylic acids is 1. The van der Waals surface area contributed by atoms with Crippen molar-refractivity contribution in [3.8, 4) is 0 Å². The smallest absolute Gasteiger partial charge is 0.245 e. The van der Waals surface area contributed by atoms with Gasteiger partial charge in [0, 0.05) is 39.9 Å². The zero-order chi connectivity index (χ0) is 19.8. The van der Waals surface area contributed by atoms with Crippen LogP contribution in [0.2, 0.25) is 0 Å². The maximum absolute atomic E-state index is 11.3. The number of carbonyl (C=O) groups is 1. The number of amides is 1. The van der Waals surface area contributed by atoms with Gasteiger partial charge in [0.05, 0.1) is 12.2 Å². The highest BCUT2D eigenvalue weighted by molar-refractivity contribution is 5.74. The van der Waals surface area contributed by atoms with Crippen molar-refractivity contribution in [1.82, 2.24) is 5.06 Å². The molecule has 1 N–H and O–H groups in total. The van der Waals surface area contributed by atoms with Crippen LogP contribution in [0.5, 0.6) is 0 Å². The Morgan fingerprint density at radius 2 is 1.50 bits per heavy atom. The molecule has 0 aromatic heterocycles. The summed E-state index contributed by atoms with van der Waals surface area (Å²) in [4.78, 5) is 11.3. The highest BCUT2D eigenvalue weighted by Crippen LogP contribution is 2.46. The lowest BCUT2D eigenvalue weighted by molar-refractivity contribution is -0.159. The SMILES string of the molecule is CN(O)C(=O)CCCOCCC1C2CCC(O2)C1CCOCCC1CCCC1. The van der Waals surface area contributed by atoms with Gasteiger partial charge in [0.2, 0.25) is 5.91 Å². The maximum Gasteiger partial charge on any atom is 0.245 e. The molecule has 1 saturated carbocycles. The van der Waals surface area contributed by atoms with Gasteiger partial charge in [0.25, 0.3) is 0 Å². The van der Waals surface area contributed by atoms with Crippen LogP contribution in [0.3, 0.4) is 0 Å². The molecule has 6 nitrogen and oxygen atoms in total. The minimum atomic E-state index is -0.266. The number of hydroxylamine groups is 2. The number of ether oxygens (including phenoxy) is 3. The van der Waals surface area contributed by atoms with Gasteiger partial charge in [0.15, 0.2) is 0 Å². The van der Waals surface area contributed by atoms with E-state index >= 15 is 0 Å². The van der Waals surface area contributed by atoms with Crippen molar-refractivity contribution in [3.63, 3.8) is 0 Å². The van der Waals surface area contributed by atoms with E-state index in [4.69, 9.17) is 19.4 Å². The summed E-state index contributed by atoms with van der Waals surface area (Å²) < 4.78 is 17.9. The first-order valence-electron chi connectivity index (χ1n) is 11.4. The Labute approximate surface area is 169 Å². The molecule has 3 fully saturated rings. The molecule has 3 aliphatic rings. The third-order valence-electron chi connectivity index (χ3n) is 6.97.